The highest BCUT2D eigenvalue weighted by atomic mass is 35.5. The lowest BCUT2D eigenvalue weighted by atomic mass is 9.83. The van der Waals surface area contributed by atoms with Crippen molar-refractivity contribution in [3.63, 3.8) is 0 Å². The first-order valence-electron chi connectivity index (χ1n) is 10.7. The zero-order chi connectivity index (χ0) is 22.5. The molecule has 1 aliphatic heterocycles. The molecule has 162 valence electrons. The van der Waals surface area contributed by atoms with Crippen LogP contribution in [0.3, 0.4) is 0 Å². The average Bonchev–Trinajstić information content (AvgIpc) is 3.13. The molecule has 4 aromatic rings. The van der Waals surface area contributed by atoms with Crippen LogP contribution in [-0.2, 0) is 6.42 Å². The van der Waals surface area contributed by atoms with Crippen molar-refractivity contribution in [3.8, 4) is 0 Å². The van der Waals surface area contributed by atoms with E-state index < -0.39 is 0 Å². The van der Waals surface area contributed by atoms with Crippen LogP contribution >= 0.6 is 34.5 Å². The first-order chi connectivity index (χ1) is 16.1. The lowest BCUT2D eigenvalue weighted by molar-refractivity contribution is 0.585. The second-order valence-corrected chi connectivity index (χ2v) is 10.0. The molecule has 1 aromatic heterocycles. The van der Waals surface area contributed by atoms with Gasteiger partial charge in [-0.2, -0.15) is 0 Å². The van der Waals surface area contributed by atoms with Crippen molar-refractivity contribution in [1.82, 2.24) is 4.57 Å². The van der Waals surface area contributed by atoms with E-state index in [2.05, 4.69) is 18.2 Å². The molecular weight excluding hydrogens is 471 g/mol. The first kappa shape index (κ1) is 20.7. The standard InChI is InChI=1S/C27H18Cl2N2OS/c28-18-11-13-20(22(29)15-18)25-21-12-10-17-8-4-5-9-19(17)24(21)30-27-31(25)26(32)23(33-27)14-16-6-2-1-3-7-16/h1-9,11,13-15,25H,10,12H2/t25-/m0/s1. The fourth-order valence-electron chi connectivity index (χ4n) is 4.72. The van der Waals surface area contributed by atoms with Crippen LogP contribution < -0.4 is 14.9 Å². The van der Waals surface area contributed by atoms with Gasteiger partial charge in [0.2, 0.25) is 0 Å². The number of thiazole rings is 1. The van der Waals surface area contributed by atoms with Crippen molar-refractivity contribution in [2.45, 2.75) is 18.9 Å². The van der Waals surface area contributed by atoms with Crippen molar-refractivity contribution in [1.29, 1.82) is 0 Å². The molecule has 1 aliphatic carbocycles. The number of halogens is 2. The van der Waals surface area contributed by atoms with E-state index in [1.54, 1.807) is 10.6 Å². The molecule has 2 heterocycles. The summed E-state index contributed by atoms with van der Waals surface area (Å²) >= 11 is 14.3. The number of aryl methyl sites for hydroxylation is 1. The molecule has 0 spiro atoms. The van der Waals surface area contributed by atoms with Gasteiger partial charge in [-0.1, -0.05) is 95.2 Å². The number of aromatic nitrogens is 1. The molecule has 1 atom stereocenters. The average molecular weight is 489 g/mol. The maximum atomic E-state index is 13.7. The summed E-state index contributed by atoms with van der Waals surface area (Å²) in [5, 5.41) is 1.13. The van der Waals surface area contributed by atoms with E-state index in [1.165, 1.54) is 16.9 Å². The molecule has 0 N–H and O–H groups in total. The van der Waals surface area contributed by atoms with Crippen LogP contribution in [0.1, 0.15) is 34.7 Å². The molecule has 3 aromatic carbocycles. The summed E-state index contributed by atoms with van der Waals surface area (Å²) in [4.78, 5) is 19.4. The number of allylic oxidation sites excluding steroid dienone is 1. The number of hydrogen-bond donors (Lipinski definition) is 0. The van der Waals surface area contributed by atoms with Gasteiger partial charge in [-0.15, -0.1) is 0 Å². The summed E-state index contributed by atoms with van der Waals surface area (Å²) < 4.78 is 2.46. The highest BCUT2D eigenvalue weighted by Crippen LogP contribution is 2.43. The zero-order valence-electron chi connectivity index (χ0n) is 17.5. The van der Waals surface area contributed by atoms with Gasteiger partial charge in [0, 0.05) is 15.6 Å². The molecule has 3 nitrogen and oxygen atoms in total. The van der Waals surface area contributed by atoms with Gasteiger partial charge in [-0.3, -0.25) is 9.36 Å². The molecular formula is C27H18Cl2N2OS. The lowest BCUT2D eigenvalue weighted by Crippen LogP contribution is -2.38. The summed E-state index contributed by atoms with van der Waals surface area (Å²) in [5.74, 6) is 0. The van der Waals surface area contributed by atoms with Crippen molar-refractivity contribution in [2.75, 3.05) is 0 Å². The van der Waals surface area contributed by atoms with Crippen molar-refractivity contribution >= 4 is 46.3 Å². The van der Waals surface area contributed by atoms with E-state index in [4.69, 9.17) is 28.2 Å². The molecule has 2 aliphatic rings. The van der Waals surface area contributed by atoms with Gasteiger partial charge >= 0.3 is 0 Å². The minimum Gasteiger partial charge on any atom is -0.272 e. The van der Waals surface area contributed by atoms with Crippen molar-refractivity contribution < 1.29 is 0 Å². The van der Waals surface area contributed by atoms with Gasteiger partial charge in [0.25, 0.3) is 5.56 Å². The maximum absolute atomic E-state index is 13.7. The number of benzene rings is 3. The Hall–Kier alpha value is -2.92. The molecule has 0 fully saturated rings. The molecule has 6 heteroatoms. The van der Waals surface area contributed by atoms with E-state index in [-0.39, 0.29) is 11.6 Å². The fraction of sp³-hybridized carbons (Fsp3) is 0.111. The SMILES string of the molecule is O=c1c(=Cc2ccccc2)sc2n1[C@@H](c1ccc(Cl)cc1Cl)C1=C(N=2)c2ccccc2CC1. The Kier molecular flexibility index (Phi) is 5.10. The van der Waals surface area contributed by atoms with E-state index in [1.807, 2.05) is 54.6 Å². The minimum absolute atomic E-state index is 0.0518. The summed E-state index contributed by atoms with van der Waals surface area (Å²) in [7, 11) is 0. The van der Waals surface area contributed by atoms with Crippen LogP contribution in [0, 0.1) is 0 Å². The molecule has 0 amide bonds. The van der Waals surface area contributed by atoms with Gasteiger partial charge in [-0.25, -0.2) is 4.99 Å². The maximum Gasteiger partial charge on any atom is 0.271 e. The van der Waals surface area contributed by atoms with Crippen LogP contribution in [0.15, 0.2) is 88.2 Å². The van der Waals surface area contributed by atoms with Crippen molar-refractivity contribution in [2.24, 2.45) is 4.99 Å². The highest BCUT2D eigenvalue weighted by molar-refractivity contribution is 7.07. The van der Waals surface area contributed by atoms with Gasteiger partial charge in [-0.05, 0) is 53.3 Å². The number of nitrogens with zero attached hydrogens (tertiary/aromatic N) is 2. The summed E-state index contributed by atoms with van der Waals surface area (Å²) in [5.41, 5.74) is 6.30. The fourth-order valence-corrected chi connectivity index (χ4v) is 6.24. The van der Waals surface area contributed by atoms with Gasteiger partial charge < -0.3 is 0 Å². The third kappa shape index (κ3) is 3.50. The molecule has 0 saturated heterocycles. The Balaban J connectivity index is 1.66. The number of fused-ring (bicyclic) bond motifs is 3. The summed E-state index contributed by atoms with van der Waals surface area (Å²) in [6.07, 6.45) is 3.66. The Bertz CT molecular complexity index is 1620. The Morgan fingerprint density at radius 1 is 0.970 bits per heavy atom. The molecule has 6 rings (SSSR count). The smallest absolute Gasteiger partial charge is 0.271 e. The molecule has 0 radical (unpaired) electrons. The molecule has 0 unspecified atom stereocenters. The lowest BCUT2D eigenvalue weighted by Gasteiger charge is -2.31. The second-order valence-electron chi connectivity index (χ2n) is 8.19. The van der Waals surface area contributed by atoms with Crippen LogP contribution in [0.2, 0.25) is 10.0 Å². The van der Waals surface area contributed by atoms with Crippen LogP contribution in [-0.4, -0.2) is 4.57 Å². The Morgan fingerprint density at radius 2 is 1.76 bits per heavy atom. The second kappa shape index (κ2) is 8.14. The van der Waals surface area contributed by atoms with Crippen LogP contribution in [0.4, 0.5) is 0 Å². The Labute approximate surface area is 204 Å². The monoisotopic (exact) mass is 488 g/mol. The predicted molar refractivity (Wildman–Crippen MR) is 136 cm³/mol. The van der Waals surface area contributed by atoms with Gasteiger partial charge in [0.15, 0.2) is 4.80 Å². The number of hydrogen-bond acceptors (Lipinski definition) is 3. The normalized spacial score (nSPS) is 17.3. The van der Waals surface area contributed by atoms with E-state index >= 15 is 0 Å². The van der Waals surface area contributed by atoms with E-state index in [0.29, 0.717) is 19.4 Å². The molecule has 0 bridgehead atoms. The van der Waals surface area contributed by atoms with Crippen LogP contribution in [0.25, 0.3) is 11.8 Å². The quantitative estimate of drug-likeness (QED) is 0.360. The number of rotatable bonds is 2. The largest absolute Gasteiger partial charge is 0.272 e. The minimum atomic E-state index is -0.313. The van der Waals surface area contributed by atoms with E-state index in [0.717, 1.165) is 40.8 Å². The third-order valence-corrected chi connectivity index (χ3v) is 7.77. The third-order valence-electron chi connectivity index (χ3n) is 6.23. The molecule has 33 heavy (non-hydrogen) atoms. The predicted octanol–water partition coefficient (Wildman–Crippen LogP) is 5.63. The summed E-state index contributed by atoms with van der Waals surface area (Å²) in [6.45, 7) is 0. The molecule has 0 saturated carbocycles. The first-order valence-corrected chi connectivity index (χ1v) is 12.3. The van der Waals surface area contributed by atoms with Gasteiger partial charge in [0.1, 0.15) is 0 Å². The van der Waals surface area contributed by atoms with Crippen molar-refractivity contribution in [3.05, 3.63) is 130 Å². The van der Waals surface area contributed by atoms with Crippen LogP contribution in [0.5, 0.6) is 0 Å². The Morgan fingerprint density at radius 3 is 2.58 bits per heavy atom. The van der Waals surface area contributed by atoms with Gasteiger partial charge in [0.05, 0.1) is 16.3 Å². The highest BCUT2D eigenvalue weighted by Gasteiger charge is 2.33. The topological polar surface area (TPSA) is 34.4 Å². The zero-order valence-corrected chi connectivity index (χ0v) is 19.8. The summed E-state index contributed by atoms with van der Waals surface area (Å²) in [6, 6.07) is 23.5. The van der Waals surface area contributed by atoms with E-state index in [9.17, 15) is 4.79 Å².